The highest BCUT2D eigenvalue weighted by Gasteiger charge is 2.40. The molecule has 0 aromatic heterocycles. The van der Waals surface area contributed by atoms with E-state index < -0.39 is 17.8 Å². The first-order valence-electron chi connectivity index (χ1n) is 11.0. The van der Waals surface area contributed by atoms with Gasteiger partial charge in [0.25, 0.3) is 11.8 Å². The van der Waals surface area contributed by atoms with Crippen LogP contribution in [-0.4, -0.2) is 23.9 Å². The van der Waals surface area contributed by atoms with Gasteiger partial charge in [-0.25, -0.2) is 9.69 Å². The molecule has 4 rings (SSSR count). The molecule has 0 saturated carbocycles. The Bertz CT molecular complexity index is 1370. The Morgan fingerprint density at radius 3 is 2.22 bits per heavy atom. The van der Waals surface area contributed by atoms with Crippen molar-refractivity contribution in [3.63, 3.8) is 0 Å². The van der Waals surface area contributed by atoms with E-state index in [2.05, 4.69) is 5.32 Å². The Labute approximate surface area is 223 Å². The molecule has 36 heavy (non-hydrogen) atoms. The molecule has 0 fully saturated rings. The normalized spacial score (nSPS) is 13.6. The summed E-state index contributed by atoms with van der Waals surface area (Å²) in [6.45, 7) is 5.39. The molecule has 6 nitrogen and oxygen atoms in total. The van der Waals surface area contributed by atoms with E-state index in [1.165, 1.54) is 12.1 Å². The number of amides is 2. The molecule has 0 atom stereocenters. The third-order valence-electron chi connectivity index (χ3n) is 5.22. The molecule has 0 radical (unpaired) electrons. The van der Waals surface area contributed by atoms with Gasteiger partial charge in [-0.15, -0.1) is 0 Å². The maximum atomic E-state index is 13.5. The van der Waals surface area contributed by atoms with Gasteiger partial charge in [-0.05, 0) is 87.0 Å². The molecule has 1 heterocycles. The van der Waals surface area contributed by atoms with Crippen molar-refractivity contribution >= 4 is 64.1 Å². The van der Waals surface area contributed by atoms with Crippen LogP contribution in [0.3, 0.4) is 0 Å². The highest BCUT2D eigenvalue weighted by atomic mass is 35.5. The predicted molar refractivity (Wildman–Crippen MR) is 144 cm³/mol. The number of anilines is 2. The minimum absolute atomic E-state index is 0.128. The van der Waals surface area contributed by atoms with Crippen molar-refractivity contribution in [3.8, 4) is 0 Å². The fourth-order valence-corrected chi connectivity index (χ4v) is 4.65. The van der Waals surface area contributed by atoms with E-state index in [1.807, 2.05) is 13.0 Å². The lowest BCUT2D eigenvalue weighted by molar-refractivity contribution is -0.120. The number of rotatable bonds is 7. The van der Waals surface area contributed by atoms with Crippen molar-refractivity contribution in [1.29, 1.82) is 0 Å². The van der Waals surface area contributed by atoms with Gasteiger partial charge in [0.1, 0.15) is 10.6 Å². The zero-order chi connectivity index (χ0) is 26.0. The van der Waals surface area contributed by atoms with Crippen LogP contribution in [0.1, 0.15) is 29.8 Å². The van der Waals surface area contributed by atoms with Crippen LogP contribution in [0.25, 0.3) is 0 Å². The van der Waals surface area contributed by atoms with Crippen LogP contribution in [0.2, 0.25) is 10.0 Å². The molecule has 0 bridgehead atoms. The minimum atomic E-state index is -0.523. The van der Waals surface area contributed by atoms with E-state index in [9.17, 15) is 14.4 Å². The standard InChI is InChI=1S/C27H22Cl2N2O4S/c1-15(2)35-27(34)17-5-10-20(11-6-17)31-25(32)23(30-19-9-4-16(3)22(29)14-19)24(26(31)33)36-21-12-7-18(28)8-13-21/h4-15,30H,1-3H3. The van der Waals surface area contributed by atoms with Gasteiger partial charge in [-0.1, -0.05) is 41.0 Å². The van der Waals surface area contributed by atoms with Crippen LogP contribution in [0.5, 0.6) is 0 Å². The third kappa shape index (κ3) is 5.59. The Morgan fingerprint density at radius 2 is 1.61 bits per heavy atom. The summed E-state index contributed by atoms with van der Waals surface area (Å²) in [5, 5.41) is 4.18. The first kappa shape index (κ1) is 25.8. The maximum Gasteiger partial charge on any atom is 0.338 e. The van der Waals surface area contributed by atoms with E-state index in [0.717, 1.165) is 27.1 Å². The monoisotopic (exact) mass is 540 g/mol. The van der Waals surface area contributed by atoms with E-state index in [4.69, 9.17) is 27.9 Å². The molecular formula is C27H22Cl2N2O4S. The lowest BCUT2D eigenvalue weighted by Gasteiger charge is -2.16. The molecule has 0 spiro atoms. The fraction of sp³-hybridized carbons (Fsp3) is 0.148. The van der Waals surface area contributed by atoms with Gasteiger partial charge in [-0.2, -0.15) is 0 Å². The van der Waals surface area contributed by atoms with Gasteiger partial charge in [-0.3, -0.25) is 9.59 Å². The number of esters is 1. The smallest absolute Gasteiger partial charge is 0.338 e. The summed E-state index contributed by atoms with van der Waals surface area (Å²) in [5.41, 5.74) is 2.24. The zero-order valence-corrected chi connectivity index (χ0v) is 22.0. The van der Waals surface area contributed by atoms with E-state index >= 15 is 0 Å². The fourth-order valence-electron chi connectivity index (χ4n) is 3.41. The van der Waals surface area contributed by atoms with Crippen molar-refractivity contribution in [3.05, 3.63) is 98.5 Å². The number of hydrogen-bond acceptors (Lipinski definition) is 6. The Hall–Kier alpha value is -3.26. The van der Waals surface area contributed by atoms with E-state index in [-0.39, 0.29) is 16.7 Å². The van der Waals surface area contributed by atoms with Gasteiger partial charge in [0.15, 0.2) is 0 Å². The molecular weight excluding hydrogens is 519 g/mol. The minimum Gasteiger partial charge on any atom is -0.459 e. The summed E-state index contributed by atoms with van der Waals surface area (Å²) in [5.74, 6) is -1.49. The van der Waals surface area contributed by atoms with Crippen molar-refractivity contribution in [2.45, 2.75) is 31.8 Å². The van der Waals surface area contributed by atoms with Crippen LogP contribution in [0.4, 0.5) is 11.4 Å². The molecule has 184 valence electrons. The molecule has 2 amide bonds. The van der Waals surface area contributed by atoms with Crippen molar-refractivity contribution in [2.24, 2.45) is 0 Å². The lowest BCUT2D eigenvalue weighted by atomic mass is 10.2. The first-order valence-corrected chi connectivity index (χ1v) is 12.6. The van der Waals surface area contributed by atoms with Gasteiger partial charge < -0.3 is 10.1 Å². The molecule has 9 heteroatoms. The Morgan fingerprint density at radius 1 is 0.944 bits per heavy atom. The summed E-state index contributed by atoms with van der Waals surface area (Å²) in [6, 6.07) is 18.4. The molecule has 0 aliphatic carbocycles. The van der Waals surface area contributed by atoms with E-state index in [1.54, 1.807) is 62.4 Å². The van der Waals surface area contributed by atoms with Gasteiger partial charge in [0, 0.05) is 20.6 Å². The number of carbonyl (C=O) groups is 3. The van der Waals surface area contributed by atoms with Gasteiger partial charge in [0.2, 0.25) is 0 Å². The average Bonchev–Trinajstić information content (AvgIpc) is 3.06. The average molecular weight is 541 g/mol. The number of ether oxygens (including phenoxy) is 1. The number of aryl methyl sites for hydroxylation is 1. The largest absolute Gasteiger partial charge is 0.459 e. The van der Waals surface area contributed by atoms with Crippen molar-refractivity contribution < 1.29 is 19.1 Å². The van der Waals surface area contributed by atoms with Crippen LogP contribution in [-0.2, 0) is 14.3 Å². The molecule has 3 aromatic carbocycles. The van der Waals surface area contributed by atoms with Gasteiger partial charge in [0.05, 0.1) is 17.4 Å². The summed E-state index contributed by atoms with van der Waals surface area (Å²) in [6.07, 6.45) is -0.264. The number of hydrogen-bond donors (Lipinski definition) is 1. The molecule has 3 aromatic rings. The molecule has 0 saturated heterocycles. The second-order valence-corrected chi connectivity index (χ2v) is 10.2. The lowest BCUT2D eigenvalue weighted by Crippen LogP contribution is -2.32. The van der Waals surface area contributed by atoms with Crippen LogP contribution < -0.4 is 10.2 Å². The number of imide groups is 1. The molecule has 1 aliphatic rings. The predicted octanol–water partition coefficient (Wildman–Crippen LogP) is 6.86. The molecule has 0 unspecified atom stereocenters. The second kappa shape index (κ2) is 10.8. The van der Waals surface area contributed by atoms with Gasteiger partial charge >= 0.3 is 5.97 Å². The maximum absolute atomic E-state index is 13.5. The third-order valence-corrected chi connectivity index (χ3v) is 6.97. The van der Waals surface area contributed by atoms with E-state index in [0.29, 0.717) is 27.0 Å². The number of halogens is 2. The number of thioether (sulfide) groups is 1. The zero-order valence-electron chi connectivity index (χ0n) is 19.7. The SMILES string of the molecule is Cc1ccc(NC2=C(Sc3ccc(Cl)cc3)C(=O)N(c3ccc(C(=O)OC(C)C)cc3)C2=O)cc1Cl. The second-order valence-electron chi connectivity index (χ2n) is 8.30. The first-order chi connectivity index (χ1) is 17.1. The van der Waals surface area contributed by atoms with Crippen molar-refractivity contribution in [1.82, 2.24) is 0 Å². The number of carbonyl (C=O) groups excluding carboxylic acids is 3. The Kier molecular flexibility index (Phi) is 7.73. The molecule has 1 aliphatic heterocycles. The number of nitrogens with one attached hydrogen (secondary N) is 1. The highest BCUT2D eigenvalue weighted by molar-refractivity contribution is 8.04. The number of benzene rings is 3. The summed E-state index contributed by atoms with van der Waals surface area (Å²) in [4.78, 5) is 41.3. The van der Waals surface area contributed by atoms with Crippen LogP contribution in [0, 0.1) is 6.92 Å². The van der Waals surface area contributed by atoms with Crippen molar-refractivity contribution in [2.75, 3.05) is 10.2 Å². The quantitative estimate of drug-likeness (QED) is 0.260. The number of nitrogens with zero attached hydrogens (tertiary/aromatic N) is 1. The highest BCUT2D eigenvalue weighted by Crippen LogP contribution is 2.38. The van der Waals surface area contributed by atoms with Crippen LogP contribution >= 0.6 is 35.0 Å². The molecule has 1 N–H and O–H groups in total. The summed E-state index contributed by atoms with van der Waals surface area (Å²) in [7, 11) is 0. The summed E-state index contributed by atoms with van der Waals surface area (Å²) < 4.78 is 5.21. The topological polar surface area (TPSA) is 75.7 Å². The van der Waals surface area contributed by atoms with Crippen LogP contribution in [0.15, 0.2) is 82.2 Å². The Balaban J connectivity index is 1.68. The summed E-state index contributed by atoms with van der Waals surface area (Å²) >= 11 is 13.4.